The number of carboxylic acids is 1. The van der Waals surface area contributed by atoms with Crippen LogP contribution in [0.2, 0.25) is 0 Å². The Kier molecular flexibility index (Phi) is 4.21. The zero-order valence-electron chi connectivity index (χ0n) is 14.5. The van der Waals surface area contributed by atoms with E-state index in [1.807, 2.05) is 29.0 Å². The highest BCUT2D eigenvalue weighted by molar-refractivity contribution is 5.72. The van der Waals surface area contributed by atoms with Crippen LogP contribution >= 0.6 is 0 Å². The van der Waals surface area contributed by atoms with Crippen molar-refractivity contribution in [1.82, 2.24) is 34.1 Å². The summed E-state index contributed by atoms with van der Waals surface area (Å²) in [6.07, 6.45) is 8.37. The fourth-order valence-corrected chi connectivity index (χ4v) is 2.80. The summed E-state index contributed by atoms with van der Waals surface area (Å²) in [5, 5.41) is 13.1. The number of rotatable bonds is 6. The van der Waals surface area contributed by atoms with Crippen LogP contribution in [0.4, 0.5) is 5.95 Å². The maximum atomic E-state index is 10.8. The molecule has 10 heteroatoms. The summed E-state index contributed by atoms with van der Waals surface area (Å²) in [6, 6.07) is 5.81. The number of pyridine rings is 1. The van der Waals surface area contributed by atoms with Gasteiger partial charge in [-0.2, -0.15) is 5.10 Å². The molecule has 0 aliphatic heterocycles. The van der Waals surface area contributed by atoms with Gasteiger partial charge >= 0.3 is 5.97 Å². The molecule has 1 N–H and O–H groups in total. The van der Waals surface area contributed by atoms with E-state index in [2.05, 4.69) is 25.0 Å². The average molecular weight is 364 g/mol. The first-order valence-corrected chi connectivity index (χ1v) is 8.16. The lowest BCUT2D eigenvalue weighted by Gasteiger charge is -2.14. The van der Waals surface area contributed by atoms with E-state index in [-0.39, 0.29) is 6.54 Å². The van der Waals surface area contributed by atoms with Gasteiger partial charge in [0.1, 0.15) is 18.7 Å². The van der Waals surface area contributed by atoms with Crippen LogP contribution in [0.15, 0.2) is 49.3 Å². The molecule has 0 unspecified atom stereocenters. The summed E-state index contributed by atoms with van der Waals surface area (Å²) >= 11 is 0. The van der Waals surface area contributed by atoms with E-state index >= 15 is 0 Å². The Morgan fingerprint density at radius 1 is 1.19 bits per heavy atom. The van der Waals surface area contributed by atoms with Gasteiger partial charge in [0.05, 0.1) is 17.8 Å². The highest BCUT2D eigenvalue weighted by atomic mass is 16.4. The Morgan fingerprint density at radius 2 is 2.00 bits per heavy atom. The van der Waals surface area contributed by atoms with Crippen molar-refractivity contribution >= 4 is 17.6 Å². The number of aromatic nitrogens is 7. The molecule has 0 aliphatic rings. The molecule has 4 heterocycles. The first-order chi connectivity index (χ1) is 13.1. The smallest absolute Gasteiger partial charge is 0.323 e. The highest BCUT2D eigenvalue weighted by Crippen LogP contribution is 2.18. The van der Waals surface area contributed by atoms with Gasteiger partial charge in [-0.1, -0.05) is 6.07 Å². The second-order valence-electron chi connectivity index (χ2n) is 5.95. The molecule has 136 valence electrons. The van der Waals surface area contributed by atoms with Crippen LogP contribution in [0.3, 0.4) is 0 Å². The number of aliphatic carboxylic acids is 1. The van der Waals surface area contributed by atoms with E-state index in [1.165, 1.54) is 11.2 Å². The second-order valence-corrected chi connectivity index (χ2v) is 5.95. The third-order valence-corrected chi connectivity index (χ3v) is 4.04. The van der Waals surface area contributed by atoms with Crippen molar-refractivity contribution in [2.45, 2.75) is 6.54 Å². The van der Waals surface area contributed by atoms with Crippen LogP contribution in [0.5, 0.6) is 0 Å². The third kappa shape index (κ3) is 3.32. The van der Waals surface area contributed by atoms with Gasteiger partial charge in [-0.3, -0.25) is 4.79 Å². The number of likely N-dealkylation sites (N-methyl/N-ethyl adjacent to an activating group) is 1. The summed E-state index contributed by atoms with van der Waals surface area (Å²) in [5.74, 6) is 0.106. The number of fused-ring (bicyclic) bond motifs is 1. The van der Waals surface area contributed by atoms with E-state index in [9.17, 15) is 4.79 Å². The normalized spacial score (nSPS) is 11.0. The van der Waals surface area contributed by atoms with Gasteiger partial charge in [0.25, 0.3) is 0 Å². The summed E-state index contributed by atoms with van der Waals surface area (Å²) in [5.41, 5.74) is 2.48. The quantitative estimate of drug-likeness (QED) is 0.538. The van der Waals surface area contributed by atoms with Gasteiger partial charge in [-0.15, -0.1) is 0 Å². The lowest BCUT2D eigenvalue weighted by atomic mass is 10.3. The van der Waals surface area contributed by atoms with Crippen molar-refractivity contribution < 1.29 is 9.90 Å². The third-order valence-electron chi connectivity index (χ3n) is 4.04. The molecule has 10 nitrogen and oxygen atoms in total. The van der Waals surface area contributed by atoms with Crippen LogP contribution in [0.1, 0.15) is 5.69 Å². The zero-order chi connectivity index (χ0) is 18.8. The molecular formula is C17H16N8O2. The molecule has 0 bridgehead atoms. The molecule has 4 rings (SSSR count). The predicted molar refractivity (Wildman–Crippen MR) is 96.2 cm³/mol. The predicted octanol–water partition coefficient (Wildman–Crippen LogP) is 0.952. The van der Waals surface area contributed by atoms with E-state index in [0.717, 1.165) is 16.9 Å². The number of carbonyl (C=O) groups is 1. The number of hydrogen-bond acceptors (Lipinski definition) is 7. The summed E-state index contributed by atoms with van der Waals surface area (Å²) in [7, 11) is 1.63. The first kappa shape index (κ1) is 16.6. The first-order valence-electron chi connectivity index (χ1n) is 8.16. The Labute approximate surface area is 153 Å². The van der Waals surface area contributed by atoms with Crippen molar-refractivity contribution in [3.05, 3.63) is 55.0 Å². The molecule has 0 radical (unpaired) electrons. The van der Waals surface area contributed by atoms with Crippen molar-refractivity contribution in [2.24, 2.45) is 0 Å². The molecule has 27 heavy (non-hydrogen) atoms. The SMILES string of the molecule is CN(CC(=O)O)c1ncc(-c2nccn2Cc2cccc3ncnn23)cn1. The minimum atomic E-state index is -0.942. The number of carboxylic acid groups (broad SMARTS) is 1. The number of anilines is 1. The van der Waals surface area contributed by atoms with Gasteiger partial charge in [0.15, 0.2) is 5.65 Å². The fourth-order valence-electron chi connectivity index (χ4n) is 2.80. The van der Waals surface area contributed by atoms with E-state index in [1.54, 1.807) is 30.2 Å². The standard InChI is InChI=1S/C17H16N8O2/c1-23(10-15(26)27)17-19-7-12(8-20-17)16-18-5-6-24(16)9-13-3-2-4-14-21-11-22-25(13)14/h2-8,11H,9-10H2,1H3,(H,26,27). The molecule has 0 fully saturated rings. The van der Waals surface area contributed by atoms with Gasteiger partial charge < -0.3 is 14.6 Å². The zero-order valence-corrected chi connectivity index (χ0v) is 14.5. The molecule has 0 saturated carbocycles. The van der Waals surface area contributed by atoms with E-state index in [0.29, 0.717) is 18.3 Å². The van der Waals surface area contributed by atoms with Crippen molar-refractivity contribution in [1.29, 1.82) is 0 Å². The van der Waals surface area contributed by atoms with Gasteiger partial charge in [0, 0.05) is 31.8 Å². The van der Waals surface area contributed by atoms with Crippen LogP contribution in [-0.4, -0.2) is 58.8 Å². The molecule has 0 aromatic carbocycles. The summed E-state index contributed by atoms with van der Waals surface area (Å²) in [4.78, 5) is 29.4. The lowest BCUT2D eigenvalue weighted by molar-refractivity contribution is -0.135. The van der Waals surface area contributed by atoms with Crippen LogP contribution in [-0.2, 0) is 11.3 Å². The molecule has 0 spiro atoms. The molecule has 0 amide bonds. The van der Waals surface area contributed by atoms with Crippen molar-refractivity contribution in [3.8, 4) is 11.4 Å². The molecule has 4 aromatic rings. The lowest BCUT2D eigenvalue weighted by Crippen LogP contribution is -2.26. The summed E-state index contributed by atoms with van der Waals surface area (Å²) in [6.45, 7) is 0.382. The van der Waals surface area contributed by atoms with Crippen LogP contribution in [0, 0.1) is 0 Å². The maximum Gasteiger partial charge on any atom is 0.323 e. The maximum absolute atomic E-state index is 10.8. The molecule has 4 aromatic heterocycles. The number of hydrogen-bond donors (Lipinski definition) is 1. The van der Waals surface area contributed by atoms with E-state index < -0.39 is 5.97 Å². The summed E-state index contributed by atoms with van der Waals surface area (Å²) < 4.78 is 3.75. The Hall–Kier alpha value is -3.82. The largest absolute Gasteiger partial charge is 0.480 e. The average Bonchev–Trinajstić information content (AvgIpc) is 3.31. The molecule has 0 saturated heterocycles. The topological polar surface area (TPSA) is 114 Å². The number of imidazole rings is 1. The molecule has 0 aliphatic carbocycles. The Bertz CT molecular complexity index is 1090. The highest BCUT2D eigenvalue weighted by Gasteiger charge is 2.12. The van der Waals surface area contributed by atoms with Crippen LogP contribution in [0.25, 0.3) is 17.0 Å². The molecule has 0 atom stereocenters. The van der Waals surface area contributed by atoms with Crippen molar-refractivity contribution in [2.75, 3.05) is 18.5 Å². The van der Waals surface area contributed by atoms with Gasteiger partial charge in [-0.05, 0) is 12.1 Å². The Morgan fingerprint density at radius 3 is 2.78 bits per heavy atom. The minimum absolute atomic E-state index is 0.171. The minimum Gasteiger partial charge on any atom is -0.480 e. The molecular weight excluding hydrogens is 348 g/mol. The van der Waals surface area contributed by atoms with Crippen LogP contribution < -0.4 is 4.90 Å². The van der Waals surface area contributed by atoms with E-state index in [4.69, 9.17) is 5.11 Å². The number of nitrogens with zero attached hydrogens (tertiary/aromatic N) is 8. The van der Waals surface area contributed by atoms with Gasteiger partial charge in [-0.25, -0.2) is 24.5 Å². The Balaban J connectivity index is 1.60. The van der Waals surface area contributed by atoms with Gasteiger partial charge in [0.2, 0.25) is 5.95 Å². The second kappa shape index (κ2) is 6.83. The van der Waals surface area contributed by atoms with Crippen molar-refractivity contribution in [3.63, 3.8) is 0 Å². The monoisotopic (exact) mass is 364 g/mol. The fraction of sp³-hybridized carbons (Fsp3) is 0.176.